The van der Waals surface area contributed by atoms with Gasteiger partial charge in [0, 0.05) is 27.3 Å². The van der Waals surface area contributed by atoms with E-state index in [0.717, 1.165) is 37.1 Å². The van der Waals surface area contributed by atoms with E-state index in [2.05, 4.69) is 16.3 Å². The number of nitrogens with zero attached hydrogens (tertiary/aromatic N) is 4. The third-order valence-electron chi connectivity index (χ3n) is 3.14. The standard InChI is InChI=1S/C14H22N4O/c1-5-11-12(10-15)14(17-16-13(11)6-2)18(3)8-7-9-19-4/h5-9H2,1-4H3. The van der Waals surface area contributed by atoms with Crippen LogP contribution in [0.15, 0.2) is 0 Å². The first-order chi connectivity index (χ1) is 9.19. The minimum atomic E-state index is 0.661. The summed E-state index contributed by atoms with van der Waals surface area (Å²) in [5.74, 6) is 0.674. The van der Waals surface area contributed by atoms with Crippen LogP contribution in [0.2, 0.25) is 0 Å². The number of rotatable bonds is 7. The van der Waals surface area contributed by atoms with Crippen molar-refractivity contribution in [3.8, 4) is 6.07 Å². The zero-order chi connectivity index (χ0) is 14.3. The number of ether oxygens (including phenoxy) is 1. The third-order valence-corrected chi connectivity index (χ3v) is 3.14. The maximum absolute atomic E-state index is 9.40. The molecule has 0 fully saturated rings. The van der Waals surface area contributed by atoms with Crippen LogP contribution in [0.4, 0.5) is 5.82 Å². The van der Waals surface area contributed by atoms with E-state index in [0.29, 0.717) is 18.0 Å². The first-order valence-electron chi connectivity index (χ1n) is 6.68. The van der Waals surface area contributed by atoms with E-state index < -0.39 is 0 Å². The van der Waals surface area contributed by atoms with Crippen molar-refractivity contribution in [3.05, 3.63) is 16.8 Å². The normalized spacial score (nSPS) is 10.3. The van der Waals surface area contributed by atoms with E-state index in [1.807, 2.05) is 25.8 Å². The molecule has 0 bridgehead atoms. The van der Waals surface area contributed by atoms with E-state index in [4.69, 9.17) is 4.74 Å². The van der Waals surface area contributed by atoms with Crippen molar-refractivity contribution in [1.29, 1.82) is 5.26 Å². The van der Waals surface area contributed by atoms with Gasteiger partial charge in [0.15, 0.2) is 5.82 Å². The fourth-order valence-corrected chi connectivity index (χ4v) is 2.10. The largest absolute Gasteiger partial charge is 0.385 e. The molecule has 0 aliphatic rings. The molecule has 1 aromatic heterocycles. The van der Waals surface area contributed by atoms with Crippen LogP contribution in [-0.2, 0) is 17.6 Å². The molecule has 0 radical (unpaired) electrons. The van der Waals surface area contributed by atoms with Gasteiger partial charge in [-0.3, -0.25) is 0 Å². The Morgan fingerprint density at radius 1 is 1.26 bits per heavy atom. The molecular weight excluding hydrogens is 240 g/mol. The quantitative estimate of drug-likeness (QED) is 0.703. The number of aryl methyl sites for hydroxylation is 1. The molecular formula is C14H22N4O. The molecule has 0 aliphatic carbocycles. The molecule has 0 atom stereocenters. The van der Waals surface area contributed by atoms with Crippen molar-refractivity contribution in [2.75, 3.05) is 32.2 Å². The first kappa shape index (κ1) is 15.4. The molecule has 0 aromatic carbocycles. The lowest BCUT2D eigenvalue weighted by Gasteiger charge is -2.20. The SMILES string of the molecule is CCc1nnc(N(C)CCCOC)c(C#N)c1CC. The van der Waals surface area contributed by atoms with Crippen molar-refractivity contribution < 1.29 is 4.74 Å². The summed E-state index contributed by atoms with van der Waals surface area (Å²) in [6, 6.07) is 2.29. The molecule has 1 aromatic rings. The van der Waals surface area contributed by atoms with Crippen molar-refractivity contribution in [3.63, 3.8) is 0 Å². The molecule has 0 aliphatic heterocycles. The van der Waals surface area contributed by atoms with E-state index >= 15 is 0 Å². The van der Waals surface area contributed by atoms with Crippen molar-refractivity contribution in [1.82, 2.24) is 10.2 Å². The summed E-state index contributed by atoms with van der Waals surface area (Å²) in [4.78, 5) is 1.98. The molecule has 1 heterocycles. The van der Waals surface area contributed by atoms with Crippen LogP contribution < -0.4 is 4.90 Å². The first-order valence-corrected chi connectivity index (χ1v) is 6.68. The van der Waals surface area contributed by atoms with Gasteiger partial charge in [0.2, 0.25) is 0 Å². The molecule has 104 valence electrons. The van der Waals surface area contributed by atoms with Gasteiger partial charge in [0.25, 0.3) is 0 Å². The minimum absolute atomic E-state index is 0.661. The van der Waals surface area contributed by atoms with Crippen LogP contribution in [0.25, 0.3) is 0 Å². The number of hydrogen-bond acceptors (Lipinski definition) is 5. The summed E-state index contributed by atoms with van der Waals surface area (Å²) in [5.41, 5.74) is 2.61. The van der Waals surface area contributed by atoms with E-state index in [-0.39, 0.29) is 0 Å². The molecule has 19 heavy (non-hydrogen) atoms. The van der Waals surface area contributed by atoms with E-state index in [1.165, 1.54) is 0 Å². The van der Waals surface area contributed by atoms with Crippen LogP contribution >= 0.6 is 0 Å². The van der Waals surface area contributed by atoms with Crippen LogP contribution in [0, 0.1) is 11.3 Å². The second-order valence-corrected chi connectivity index (χ2v) is 4.41. The molecule has 0 saturated heterocycles. The number of aromatic nitrogens is 2. The van der Waals surface area contributed by atoms with Gasteiger partial charge in [-0.25, -0.2) is 0 Å². The number of anilines is 1. The lowest BCUT2D eigenvalue weighted by Crippen LogP contribution is -2.23. The topological polar surface area (TPSA) is 62.0 Å². The maximum atomic E-state index is 9.40. The fraction of sp³-hybridized carbons (Fsp3) is 0.643. The zero-order valence-electron chi connectivity index (χ0n) is 12.2. The van der Waals surface area contributed by atoms with E-state index in [9.17, 15) is 5.26 Å². The van der Waals surface area contributed by atoms with Gasteiger partial charge in [-0.2, -0.15) is 10.4 Å². The highest BCUT2D eigenvalue weighted by Gasteiger charge is 2.16. The molecule has 0 saturated carbocycles. The Morgan fingerprint density at radius 3 is 2.53 bits per heavy atom. The average molecular weight is 262 g/mol. The number of hydrogen-bond donors (Lipinski definition) is 0. The summed E-state index contributed by atoms with van der Waals surface area (Å²) in [7, 11) is 3.62. The Balaban J connectivity index is 3.04. The second kappa shape index (κ2) is 7.70. The lowest BCUT2D eigenvalue weighted by molar-refractivity contribution is 0.196. The highest BCUT2D eigenvalue weighted by atomic mass is 16.5. The van der Waals surface area contributed by atoms with Gasteiger partial charge in [-0.05, 0) is 24.8 Å². The Kier molecular flexibility index (Phi) is 6.23. The Hall–Kier alpha value is -1.67. The number of nitriles is 1. The lowest BCUT2D eigenvalue weighted by atomic mass is 10.0. The van der Waals surface area contributed by atoms with Crippen molar-refractivity contribution in [2.24, 2.45) is 0 Å². The highest BCUT2D eigenvalue weighted by molar-refractivity contribution is 5.57. The summed E-state index contributed by atoms with van der Waals surface area (Å²) < 4.78 is 5.04. The maximum Gasteiger partial charge on any atom is 0.169 e. The Bertz CT molecular complexity index is 453. The summed E-state index contributed by atoms with van der Waals surface area (Å²) in [5, 5.41) is 17.9. The fourth-order valence-electron chi connectivity index (χ4n) is 2.10. The van der Waals surface area contributed by atoms with Gasteiger partial charge in [0.1, 0.15) is 11.6 Å². The Morgan fingerprint density at radius 2 is 2.00 bits per heavy atom. The molecule has 0 unspecified atom stereocenters. The summed E-state index contributed by atoms with van der Waals surface area (Å²) in [6.45, 7) is 5.58. The van der Waals surface area contributed by atoms with Crippen LogP contribution in [0.5, 0.6) is 0 Å². The zero-order valence-corrected chi connectivity index (χ0v) is 12.2. The molecule has 1 rings (SSSR count). The minimum Gasteiger partial charge on any atom is -0.385 e. The predicted octanol–water partition coefficient (Wildman–Crippen LogP) is 1.95. The van der Waals surface area contributed by atoms with Gasteiger partial charge in [-0.1, -0.05) is 13.8 Å². The van der Waals surface area contributed by atoms with Gasteiger partial charge >= 0.3 is 0 Å². The van der Waals surface area contributed by atoms with Gasteiger partial charge < -0.3 is 9.64 Å². The second-order valence-electron chi connectivity index (χ2n) is 4.41. The summed E-state index contributed by atoms with van der Waals surface area (Å²) >= 11 is 0. The monoisotopic (exact) mass is 262 g/mol. The predicted molar refractivity (Wildman–Crippen MR) is 75.3 cm³/mol. The molecule has 0 amide bonds. The summed E-state index contributed by atoms with van der Waals surface area (Å²) in [6.07, 6.45) is 2.51. The Labute approximate surface area is 115 Å². The van der Waals surface area contributed by atoms with Crippen molar-refractivity contribution in [2.45, 2.75) is 33.1 Å². The molecule has 5 nitrogen and oxygen atoms in total. The van der Waals surface area contributed by atoms with Crippen LogP contribution in [-0.4, -0.2) is 37.5 Å². The van der Waals surface area contributed by atoms with Gasteiger partial charge in [-0.15, -0.1) is 5.10 Å². The molecule has 0 N–H and O–H groups in total. The average Bonchev–Trinajstić information content (AvgIpc) is 2.45. The molecule has 0 spiro atoms. The van der Waals surface area contributed by atoms with Crippen LogP contribution in [0.3, 0.4) is 0 Å². The third kappa shape index (κ3) is 3.65. The molecule has 5 heteroatoms. The van der Waals surface area contributed by atoms with Gasteiger partial charge in [0.05, 0.1) is 5.69 Å². The smallest absolute Gasteiger partial charge is 0.169 e. The number of methoxy groups -OCH3 is 1. The highest BCUT2D eigenvalue weighted by Crippen LogP contribution is 2.22. The van der Waals surface area contributed by atoms with Crippen LogP contribution in [0.1, 0.15) is 37.1 Å². The van der Waals surface area contributed by atoms with E-state index in [1.54, 1.807) is 7.11 Å². The van der Waals surface area contributed by atoms with Crippen molar-refractivity contribution >= 4 is 5.82 Å².